The highest BCUT2D eigenvalue weighted by atomic mass is 35.5. The monoisotopic (exact) mass is 543 g/mol. The molecule has 2 aliphatic rings. The summed E-state index contributed by atoms with van der Waals surface area (Å²) >= 11 is 5.94. The van der Waals surface area contributed by atoms with Crippen LogP contribution >= 0.6 is 11.6 Å². The van der Waals surface area contributed by atoms with Gasteiger partial charge in [-0.15, -0.1) is 0 Å². The smallest absolute Gasteiger partial charge is 0.170 e. The second kappa shape index (κ2) is 9.72. The van der Waals surface area contributed by atoms with Gasteiger partial charge in [0.25, 0.3) is 0 Å². The Hall–Kier alpha value is -3.40. The summed E-state index contributed by atoms with van der Waals surface area (Å²) in [5.41, 5.74) is 1.68. The van der Waals surface area contributed by atoms with E-state index in [9.17, 15) is 22.7 Å². The molecule has 0 saturated carbocycles. The van der Waals surface area contributed by atoms with Crippen LogP contribution in [0.25, 0.3) is 33.2 Å². The van der Waals surface area contributed by atoms with E-state index in [1.807, 2.05) is 0 Å². The summed E-state index contributed by atoms with van der Waals surface area (Å²) < 4.78 is 63.6. The molecule has 3 heterocycles. The number of benzene rings is 3. The van der Waals surface area contributed by atoms with Crippen molar-refractivity contribution in [3.05, 3.63) is 77.0 Å². The van der Waals surface area contributed by atoms with Crippen molar-refractivity contribution in [2.75, 3.05) is 31.1 Å². The molecule has 196 valence electrons. The molecule has 0 spiro atoms. The summed E-state index contributed by atoms with van der Waals surface area (Å²) in [6, 6.07) is 8.84. The molecule has 1 aromatic heterocycles. The number of aromatic hydroxyl groups is 1. The number of fused-ring (bicyclic) bond motifs is 2. The van der Waals surface area contributed by atoms with Crippen LogP contribution in [0.2, 0.25) is 5.02 Å². The van der Waals surface area contributed by atoms with E-state index in [2.05, 4.69) is 15.2 Å². The van der Waals surface area contributed by atoms with Gasteiger partial charge in [0, 0.05) is 48.9 Å². The molecule has 0 bridgehead atoms. The van der Waals surface area contributed by atoms with E-state index in [1.165, 1.54) is 18.2 Å². The van der Waals surface area contributed by atoms with Crippen molar-refractivity contribution in [2.45, 2.75) is 18.6 Å². The number of halogens is 5. The summed E-state index contributed by atoms with van der Waals surface area (Å²) in [4.78, 5) is 6.56. The van der Waals surface area contributed by atoms with Crippen LogP contribution in [-0.2, 0) is 4.74 Å². The third kappa shape index (κ3) is 4.34. The highest BCUT2D eigenvalue weighted by molar-refractivity contribution is 6.32. The molecule has 6 rings (SSSR count). The number of morpholine rings is 1. The molecule has 2 N–H and O–H groups in total. The van der Waals surface area contributed by atoms with E-state index in [1.54, 1.807) is 18.3 Å². The predicted molar refractivity (Wildman–Crippen MR) is 137 cm³/mol. The number of anilines is 1. The van der Waals surface area contributed by atoms with Gasteiger partial charge >= 0.3 is 0 Å². The number of ether oxygens (including phenoxy) is 1. The van der Waals surface area contributed by atoms with Gasteiger partial charge in [-0.25, -0.2) is 17.6 Å². The maximum Gasteiger partial charge on any atom is 0.170 e. The minimum absolute atomic E-state index is 0.107. The third-order valence-electron chi connectivity index (χ3n) is 7.16. The number of piperidine rings is 1. The Balaban J connectivity index is 1.58. The number of phenolic OH excluding ortho intramolecular Hbond substituents is 1. The highest BCUT2D eigenvalue weighted by Gasteiger charge is 2.34. The van der Waals surface area contributed by atoms with Crippen molar-refractivity contribution in [2.24, 2.45) is 0 Å². The van der Waals surface area contributed by atoms with E-state index in [0.717, 1.165) is 19.0 Å². The van der Waals surface area contributed by atoms with Gasteiger partial charge in [-0.1, -0.05) is 17.7 Å². The van der Waals surface area contributed by atoms with Gasteiger partial charge in [-0.3, -0.25) is 4.98 Å². The Bertz CT molecular complexity index is 1520. The van der Waals surface area contributed by atoms with Crippen LogP contribution in [0.3, 0.4) is 0 Å². The van der Waals surface area contributed by atoms with Crippen LogP contribution < -0.4 is 10.2 Å². The zero-order valence-corrected chi connectivity index (χ0v) is 20.7. The Kier molecular flexibility index (Phi) is 6.37. The maximum atomic E-state index is 14.9. The number of rotatable bonds is 3. The molecule has 4 aromatic rings. The molecule has 2 unspecified atom stereocenters. The van der Waals surface area contributed by atoms with E-state index >= 15 is 0 Å². The lowest BCUT2D eigenvalue weighted by molar-refractivity contribution is -0.00896. The largest absolute Gasteiger partial charge is 0.506 e. The number of phenols is 1. The number of hydrogen-bond acceptors (Lipinski definition) is 5. The molecule has 3 aromatic carbocycles. The fourth-order valence-electron chi connectivity index (χ4n) is 5.42. The van der Waals surface area contributed by atoms with Gasteiger partial charge in [-0.05, 0) is 47.9 Å². The SMILES string of the molecule is Oc1c(Cl)cc(F)c(F)c1-c1ccc2ncc(-c3cc(F)cc(F)c3)c(N3CCC4NCCOC4C3)c2c1. The molecule has 0 aliphatic carbocycles. The number of nitrogens with zero attached hydrogens (tertiary/aromatic N) is 2. The van der Waals surface area contributed by atoms with E-state index in [4.69, 9.17) is 16.3 Å². The first-order valence-electron chi connectivity index (χ1n) is 12.2. The molecule has 5 nitrogen and oxygen atoms in total. The maximum absolute atomic E-state index is 14.9. The van der Waals surface area contributed by atoms with Crippen molar-refractivity contribution in [1.29, 1.82) is 0 Å². The van der Waals surface area contributed by atoms with Crippen molar-refractivity contribution in [3.8, 4) is 28.0 Å². The first-order chi connectivity index (χ1) is 18.3. The topological polar surface area (TPSA) is 57.6 Å². The van der Waals surface area contributed by atoms with Crippen LogP contribution in [0, 0.1) is 23.3 Å². The van der Waals surface area contributed by atoms with Gasteiger partial charge in [0.1, 0.15) is 17.4 Å². The lowest BCUT2D eigenvalue weighted by atomic mass is 9.94. The molecule has 0 amide bonds. The van der Waals surface area contributed by atoms with E-state index in [-0.39, 0.29) is 33.9 Å². The lowest BCUT2D eigenvalue weighted by Gasteiger charge is -2.43. The molecule has 2 aliphatic heterocycles. The van der Waals surface area contributed by atoms with E-state index in [0.29, 0.717) is 47.9 Å². The summed E-state index contributed by atoms with van der Waals surface area (Å²) in [5, 5.41) is 14.2. The van der Waals surface area contributed by atoms with Crippen LogP contribution in [-0.4, -0.2) is 48.5 Å². The number of hydrogen-bond donors (Lipinski definition) is 2. The van der Waals surface area contributed by atoms with Crippen LogP contribution in [0.15, 0.2) is 48.7 Å². The van der Waals surface area contributed by atoms with Gasteiger partial charge in [-0.2, -0.15) is 0 Å². The molecule has 10 heteroatoms. The zero-order valence-electron chi connectivity index (χ0n) is 19.9. The first-order valence-corrected chi connectivity index (χ1v) is 12.5. The second-order valence-electron chi connectivity index (χ2n) is 9.49. The Labute approximate surface area is 220 Å². The minimum atomic E-state index is -1.24. The van der Waals surface area contributed by atoms with Crippen molar-refractivity contribution in [1.82, 2.24) is 10.3 Å². The highest BCUT2D eigenvalue weighted by Crippen LogP contribution is 2.43. The van der Waals surface area contributed by atoms with Crippen molar-refractivity contribution >= 4 is 28.2 Å². The molecule has 38 heavy (non-hydrogen) atoms. The fourth-order valence-corrected chi connectivity index (χ4v) is 5.61. The van der Waals surface area contributed by atoms with Gasteiger partial charge in [0.2, 0.25) is 0 Å². The van der Waals surface area contributed by atoms with Crippen LogP contribution in [0.4, 0.5) is 23.2 Å². The molecule has 0 radical (unpaired) electrons. The van der Waals surface area contributed by atoms with Crippen molar-refractivity contribution in [3.63, 3.8) is 0 Å². The minimum Gasteiger partial charge on any atom is -0.506 e. The zero-order chi connectivity index (χ0) is 26.6. The van der Waals surface area contributed by atoms with Crippen LogP contribution in [0.1, 0.15) is 6.42 Å². The van der Waals surface area contributed by atoms with Gasteiger partial charge in [0.15, 0.2) is 11.6 Å². The Morgan fingerprint density at radius 2 is 1.82 bits per heavy atom. The molecular weight excluding hydrogens is 522 g/mol. The molecule has 2 saturated heterocycles. The Morgan fingerprint density at radius 1 is 1.03 bits per heavy atom. The second-order valence-corrected chi connectivity index (χ2v) is 9.90. The predicted octanol–water partition coefficient (Wildman–Crippen LogP) is 6.05. The normalized spacial score (nSPS) is 19.6. The Morgan fingerprint density at radius 3 is 2.61 bits per heavy atom. The average Bonchev–Trinajstić information content (AvgIpc) is 2.90. The summed E-state index contributed by atoms with van der Waals surface area (Å²) in [7, 11) is 0. The van der Waals surface area contributed by atoms with Gasteiger partial charge in [0.05, 0.1) is 34.5 Å². The van der Waals surface area contributed by atoms with Gasteiger partial charge < -0.3 is 20.1 Å². The lowest BCUT2D eigenvalue weighted by Crippen LogP contribution is -2.57. The summed E-state index contributed by atoms with van der Waals surface area (Å²) in [6.45, 7) is 2.44. The summed E-state index contributed by atoms with van der Waals surface area (Å²) in [5.74, 6) is -4.51. The number of nitrogens with one attached hydrogen (secondary N) is 1. The number of aromatic nitrogens is 1. The molecular formula is C28H22ClF4N3O2. The quantitative estimate of drug-likeness (QED) is 0.243. The first kappa shape index (κ1) is 24.9. The van der Waals surface area contributed by atoms with Crippen molar-refractivity contribution < 1.29 is 27.4 Å². The molecule has 2 fully saturated rings. The third-order valence-corrected chi connectivity index (χ3v) is 7.45. The van der Waals surface area contributed by atoms with E-state index < -0.39 is 29.0 Å². The molecule has 2 atom stereocenters. The fraction of sp³-hybridized carbons (Fsp3) is 0.250. The standard InChI is InChI=1S/C28H22ClF4N3O2/c29-20-11-21(32)26(33)25(28(20)37)14-1-2-22-18(9-14)27(36-5-3-23-24(13-36)38-6-4-34-23)19(12-35-22)15-7-16(30)10-17(31)8-15/h1-2,7-12,23-24,34,37H,3-6,13H2. The average molecular weight is 544 g/mol. The summed E-state index contributed by atoms with van der Waals surface area (Å²) in [6.07, 6.45) is 2.21. The number of pyridine rings is 1. The van der Waals surface area contributed by atoms with Crippen LogP contribution in [0.5, 0.6) is 5.75 Å².